The fourth-order valence-electron chi connectivity index (χ4n) is 3.00. The summed E-state index contributed by atoms with van der Waals surface area (Å²) in [4.78, 5) is 48.2. The summed E-state index contributed by atoms with van der Waals surface area (Å²) in [7, 11) is 1.32. The highest BCUT2D eigenvalue weighted by atomic mass is 16.5. The lowest BCUT2D eigenvalue weighted by atomic mass is 10.0. The minimum Gasteiger partial charge on any atom is -0.467 e. The summed E-state index contributed by atoms with van der Waals surface area (Å²) < 4.78 is 4.79. The van der Waals surface area contributed by atoms with E-state index in [0.29, 0.717) is 25.9 Å². The fourth-order valence-corrected chi connectivity index (χ4v) is 3.00. The van der Waals surface area contributed by atoms with Crippen LogP contribution in [-0.4, -0.2) is 55.2 Å². The van der Waals surface area contributed by atoms with Gasteiger partial charge in [-0.05, 0) is 12.8 Å². The highest BCUT2D eigenvalue weighted by Crippen LogP contribution is 2.18. The molecule has 0 bridgehead atoms. The quantitative estimate of drug-likeness (QED) is 0.344. The van der Waals surface area contributed by atoms with Crippen LogP contribution in [0.5, 0.6) is 0 Å². The molecule has 1 fully saturated rings. The Hall–Kier alpha value is -1.92. The maximum Gasteiger partial charge on any atom is 0.328 e. The van der Waals surface area contributed by atoms with Crippen LogP contribution in [0.3, 0.4) is 0 Å². The second-order valence-electron chi connectivity index (χ2n) is 6.46. The Morgan fingerprint density at radius 3 is 2.68 bits per heavy atom. The van der Waals surface area contributed by atoms with Crippen molar-refractivity contribution in [2.75, 3.05) is 20.2 Å². The molecule has 0 aromatic carbocycles. The molecule has 2 atom stereocenters. The molecule has 1 heterocycles. The van der Waals surface area contributed by atoms with E-state index in [1.165, 1.54) is 7.11 Å². The molecular weight excluding hydrogens is 324 g/mol. The van der Waals surface area contributed by atoms with Gasteiger partial charge in [0, 0.05) is 25.9 Å². The molecule has 142 valence electrons. The van der Waals surface area contributed by atoms with E-state index in [1.807, 2.05) is 0 Å². The molecule has 1 N–H and O–H groups in total. The van der Waals surface area contributed by atoms with Gasteiger partial charge < -0.3 is 19.7 Å². The van der Waals surface area contributed by atoms with Gasteiger partial charge in [0.15, 0.2) is 0 Å². The second-order valence-corrected chi connectivity index (χ2v) is 6.46. The van der Waals surface area contributed by atoms with Gasteiger partial charge >= 0.3 is 5.97 Å². The molecular formula is C18H30N2O5. The van der Waals surface area contributed by atoms with E-state index < -0.39 is 12.0 Å². The lowest BCUT2D eigenvalue weighted by Crippen LogP contribution is -2.45. The number of hydrogen-bond donors (Lipinski definition) is 1. The van der Waals surface area contributed by atoms with Crippen LogP contribution >= 0.6 is 0 Å². The van der Waals surface area contributed by atoms with Crippen molar-refractivity contribution in [1.29, 1.82) is 0 Å². The largest absolute Gasteiger partial charge is 0.467 e. The zero-order valence-electron chi connectivity index (χ0n) is 15.3. The van der Waals surface area contributed by atoms with Crippen molar-refractivity contribution in [3.05, 3.63) is 0 Å². The summed E-state index contributed by atoms with van der Waals surface area (Å²) in [6.07, 6.45) is 6.31. The zero-order chi connectivity index (χ0) is 18.7. The first-order valence-electron chi connectivity index (χ1n) is 9.13. The lowest BCUT2D eigenvalue weighted by molar-refractivity contribution is -0.145. The zero-order valence-corrected chi connectivity index (χ0v) is 15.3. The molecule has 1 saturated heterocycles. The van der Waals surface area contributed by atoms with Crippen LogP contribution in [0.25, 0.3) is 0 Å². The molecule has 7 heteroatoms. The van der Waals surface area contributed by atoms with Gasteiger partial charge in [-0.25, -0.2) is 4.79 Å². The van der Waals surface area contributed by atoms with Crippen molar-refractivity contribution >= 4 is 24.1 Å². The molecule has 0 radical (unpaired) electrons. The first kappa shape index (κ1) is 21.1. The maximum absolute atomic E-state index is 12.4. The summed E-state index contributed by atoms with van der Waals surface area (Å²) in [6, 6.07) is -0.630. The number of methoxy groups -OCH3 is 1. The van der Waals surface area contributed by atoms with Gasteiger partial charge in [0.05, 0.1) is 13.0 Å². The SMILES string of the molecule is CCCCCCC(NC(=O)C1CCN(C(=O)CCC=O)C1)C(=O)OC. The molecule has 1 rings (SSSR count). The third kappa shape index (κ3) is 7.23. The maximum atomic E-state index is 12.4. The monoisotopic (exact) mass is 354 g/mol. The standard InChI is InChI=1S/C18H30N2O5/c1-3-4-5-6-8-15(18(24)25-2)19-17(23)14-10-11-20(13-14)16(22)9-7-12-21/h12,14-15H,3-11,13H2,1-2H3,(H,19,23). The number of carbonyl (C=O) groups excluding carboxylic acids is 4. The molecule has 0 saturated carbocycles. The van der Waals surface area contributed by atoms with Crippen LogP contribution in [0, 0.1) is 5.92 Å². The number of amides is 2. The number of rotatable bonds is 11. The fraction of sp³-hybridized carbons (Fsp3) is 0.778. The summed E-state index contributed by atoms with van der Waals surface area (Å²) in [6.45, 7) is 2.96. The summed E-state index contributed by atoms with van der Waals surface area (Å²) >= 11 is 0. The number of esters is 1. The predicted octanol–water partition coefficient (Wildman–Crippen LogP) is 1.44. The van der Waals surface area contributed by atoms with E-state index in [1.54, 1.807) is 4.90 Å². The van der Waals surface area contributed by atoms with Gasteiger partial charge in [-0.15, -0.1) is 0 Å². The molecule has 2 unspecified atom stereocenters. The number of aldehydes is 1. The third-order valence-electron chi connectivity index (χ3n) is 4.54. The number of likely N-dealkylation sites (tertiary alicyclic amines) is 1. The van der Waals surface area contributed by atoms with Gasteiger partial charge in [0.1, 0.15) is 12.3 Å². The van der Waals surface area contributed by atoms with E-state index >= 15 is 0 Å². The Kier molecular flexibility index (Phi) is 9.80. The van der Waals surface area contributed by atoms with Crippen molar-refractivity contribution in [3.8, 4) is 0 Å². The molecule has 1 aliphatic heterocycles. The smallest absolute Gasteiger partial charge is 0.328 e. The van der Waals surface area contributed by atoms with Crippen molar-refractivity contribution in [2.45, 2.75) is 64.3 Å². The number of nitrogens with zero attached hydrogens (tertiary/aromatic N) is 1. The van der Waals surface area contributed by atoms with Gasteiger partial charge in [-0.2, -0.15) is 0 Å². The Morgan fingerprint density at radius 2 is 2.04 bits per heavy atom. The van der Waals surface area contributed by atoms with Gasteiger partial charge in [0.2, 0.25) is 11.8 Å². The van der Waals surface area contributed by atoms with E-state index in [-0.39, 0.29) is 30.6 Å². The molecule has 0 aliphatic carbocycles. The average molecular weight is 354 g/mol. The number of carbonyl (C=O) groups is 4. The predicted molar refractivity (Wildman–Crippen MR) is 92.7 cm³/mol. The highest BCUT2D eigenvalue weighted by Gasteiger charge is 2.32. The Labute approximate surface area is 149 Å². The number of unbranched alkanes of at least 4 members (excludes halogenated alkanes) is 3. The number of hydrogen-bond acceptors (Lipinski definition) is 5. The highest BCUT2D eigenvalue weighted by molar-refractivity contribution is 5.87. The van der Waals surface area contributed by atoms with Gasteiger partial charge in [-0.1, -0.05) is 32.6 Å². The Bertz CT molecular complexity index is 466. The summed E-state index contributed by atoms with van der Waals surface area (Å²) in [5.41, 5.74) is 0. The topological polar surface area (TPSA) is 92.8 Å². The summed E-state index contributed by atoms with van der Waals surface area (Å²) in [5, 5.41) is 2.78. The Balaban J connectivity index is 2.49. The van der Waals surface area contributed by atoms with Crippen LogP contribution in [0.1, 0.15) is 58.3 Å². The van der Waals surface area contributed by atoms with Crippen molar-refractivity contribution in [2.24, 2.45) is 5.92 Å². The Morgan fingerprint density at radius 1 is 1.28 bits per heavy atom. The van der Waals surface area contributed by atoms with Crippen LogP contribution < -0.4 is 5.32 Å². The van der Waals surface area contributed by atoms with Crippen molar-refractivity contribution < 1.29 is 23.9 Å². The first-order valence-corrected chi connectivity index (χ1v) is 9.13. The van der Waals surface area contributed by atoms with E-state index in [2.05, 4.69) is 12.2 Å². The average Bonchev–Trinajstić information content (AvgIpc) is 3.11. The molecule has 0 aromatic rings. The molecule has 25 heavy (non-hydrogen) atoms. The number of nitrogens with one attached hydrogen (secondary N) is 1. The van der Waals surface area contributed by atoms with E-state index in [0.717, 1.165) is 32.0 Å². The second kappa shape index (κ2) is 11.6. The molecule has 0 aromatic heterocycles. The summed E-state index contributed by atoms with van der Waals surface area (Å²) in [5.74, 6) is -1.06. The van der Waals surface area contributed by atoms with Crippen molar-refractivity contribution in [1.82, 2.24) is 10.2 Å². The van der Waals surface area contributed by atoms with Crippen LogP contribution in [0.15, 0.2) is 0 Å². The molecule has 2 amide bonds. The first-order chi connectivity index (χ1) is 12.0. The third-order valence-corrected chi connectivity index (χ3v) is 4.54. The minimum atomic E-state index is -0.630. The van der Waals surface area contributed by atoms with E-state index in [4.69, 9.17) is 4.74 Å². The van der Waals surface area contributed by atoms with Crippen LogP contribution in [0.4, 0.5) is 0 Å². The molecule has 0 spiro atoms. The van der Waals surface area contributed by atoms with Gasteiger partial charge in [-0.3, -0.25) is 9.59 Å². The van der Waals surface area contributed by atoms with Crippen molar-refractivity contribution in [3.63, 3.8) is 0 Å². The lowest BCUT2D eigenvalue weighted by Gasteiger charge is -2.19. The van der Waals surface area contributed by atoms with Crippen LogP contribution in [-0.2, 0) is 23.9 Å². The number of ether oxygens (including phenoxy) is 1. The normalized spacial score (nSPS) is 17.8. The minimum absolute atomic E-state index is 0.105. The van der Waals surface area contributed by atoms with Gasteiger partial charge in [0.25, 0.3) is 0 Å². The molecule has 1 aliphatic rings. The van der Waals surface area contributed by atoms with Crippen LogP contribution in [0.2, 0.25) is 0 Å². The van der Waals surface area contributed by atoms with E-state index in [9.17, 15) is 19.2 Å². The molecule has 7 nitrogen and oxygen atoms in total.